The lowest BCUT2D eigenvalue weighted by molar-refractivity contribution is -0.384. The van der Waals surface area contributed by atoms with Gasteiger partial charge in [-0.2, -0.15) is 5.10 Å². The lowest BCUT2D eigenvalue weighted by Crippen LogP contribution is -2.01. The van der Waals surface area contributed by atoms with Crippen molar-refractivity contribution >= 4 is 55.3 Å². The van der Waals surface area contributed by atoms with Crippen LogP contribution < -0.4 is 11.1 Å². The fourth-order valence-corrected chi connectivity index (χ4v) is 3.71. The Morgan fingerprint density at radius 2 is 2.00 bits per heavy atom. The Hall–Kier alpha value is -3.37. The van der Waals surface area contributed by atoms with Crippen molar-refractivity contribution in [3.05, 3.63) is 85.3 Å². The molecular formula is C19H11BrN4O4S. The van der Waals surface area contributed by atoms with E-state index in [1.807, 2.05) is 12.1 Å². The van der Waals surface area contributed by atoms with Crippen LogP contribution in [-0.2, 0) is 0 Å². The number of hydrogen-bond donors (Lipinski definition) is 1. The number of nitro groups is 1. The second-order valence-corrected chi connectivity index (χ2v) is 7.82. The van der Waals surface area contributed by atoms with Gasteiger partial charge in [-0.25, -0.2) is 9.78 Å². The van der Waals surface area contributed by atoms with Crippen LogP contribution >= 0.6 is 27.3 Å². The standard InChI is InChI=1S/C19H11BrN4O4S/c20-13-3-6-16-12(7-13)8-15(18(25)28-16)17-10-21-19(29-17)23-22-9-11-1-4-14(5-2-11)24(26)27/h1-10H,(H,21,23)/b22-9-. The monoisotopic (exact) mass is 470 g/mol. The number of benzene rings is 2. The van der Waals surface area contributed by atoms with Gasteiger partial charge in [-0.05, 0) is 42.0 Å². The number of thiazole rings is 1. The molecule has 0 aliphatic rings. The van der Waals surface area contributed by atoms with Crippen LogP contribution in [0.25, 0.3) is 21.4 Å². The van der Waals surface area contributed by atoms with Gasteiger partial charge in [0, 0.05) is 28.2 Å². The van der Waals surface area contributed by atoms with Gasteiger partial charge in [-0.15, -0.1) is 0 Å². The van der Waals surface area contributed by atoms with Crippen molar-refractivity contribution in [1.82, 2.24) is 4.98 Å². The maximum atomic E-state index is 12.3. The third-order valence-electron chi connectivity index (χ3n) is 3.94. The molecule has 8 nitrogen and oxygen atoms in total. The van der Waals surface area contributed by atoms with E-state index in [0.717, 1.165) is 9.86 Å². The number of rotatable bonds is 5. The molecule has 0 spiro atoms. The van der Waals surface area contributed by atoms with Crippen molar-refractivity contribution < 1.29 is 9.34 Å². The summed E-state index contributed by atoms with van der Waals surface area (Å²) in [5, 5.41) is 16.0. The average molecular weight is 471 g/mol. The van der Waals surface area contributed by atoms with Gasteiger partial charge in [0.05, 0.1) is 21.6 Å². The molecule has 10 heteroatoms. The minimum absolute atomic E-state index is 0.0147. The summed E-state index contributed by atoms with van der Waals surface area (Å²) in [5.74, 6) is 0. The first-order valence-corrected chi connectivity index (χ1v) is 9.84. The van der Waals surface area contributed by atoms with Gasteiger partial charge < -0.3 is 4.42 Å². The summed E-state index contributed by atoms with van der Waals surface area (Å²) in [6.07, 6.45) is 3.09. The van der Waals surface area contributed by atoms with E-state index >= 15 is 0 Å². The zero-order chi connectivity index (χ0) is 20.4. The van der Waals surface area contributed by atoms with E-state index in [-0.39, 0.29) is 5.69 Å². The predicted molar refractivity (Wildman–Crippen MR) is 116 cm³/mol. The van der Waals surface area contributed by atoms with E-state index in [1.165, 1.54) is 29.7 Å². The van der Waals surface area contributed by atoms with Crippen molar-refractivity contribution in [2.24, 2.45) is 5.10 Å². The van der Waals surface area contributed by atoms with Crippen LogP contribution in [-0.4, -0.2) is 16.1 Å². The molecule has 29 heavy (non-hydrogen) atoms. The summed E-state index contributed by atoms with van der Waals surface area (Å²) >= 11 is 4.66. The molecule has 0 bridgehead atoms. The number of non-ortho nitro benzene ring substituents is 1. The highest BCUT2D eigenvalue weighted by Gasteiger charge is 2.11. The Kier molecular flexibility index (Phi) is 5.19. The molecule has 0 amide bonds. The third-order valence-corrected chi connectivity index (χ3v) is 5.37. The number of aromatic nitrogens is 1. The van der Waals surface area contributed by atoms with Crippen molar-refractivity contribution in [3.8, 4) is 10.4 Å². The largest absolute Gasteiger partial charge is 0.422 e. The Balaban J connectivity index is 1.52. The lowest BCUT2D eigenvalue weighted by atomic mass is 10.2. The third kappa shape index (κ3) is 4.23. The fourth-order valence-electron chi connectivity index (χ4n) is 2.56. The smallest absolute Gasteiger partial charge is 0.345 e. The van der Waals surface area contributed by atoms with Gasteiger partial charge in [0.1, 0.15) is 5.58 Å². The second kappa shape index (κ2) is 7.94. The maximum Gasteiger partial charge on any atom is 0.345 e. The summed E-state index contributed by atoms with van der Waals surface area (Å²) in [7, 11) is 0. The van der Waals surface area contributed by atoms with Crippen molar-refractivity contribution in [2.75, 3.05) is 5.43 Å². The Morgan fingerprint density at radius 3 is 2.76 bits per heavy atom. The van der Waals surface area contributed by atoms with Gasteiger partial charge in [-0.1, -0.05) is 27.3 Å². The van der Waals surface area contributed by atoms with Gasteiger partial charge in [0.25, 0.3) is 5.69 Å². The zero-order valence-corrected chi connectivity index (χ0v) is 16.9. The van der Waals surface area contributed by atoms with Gasteiger partial charge in [0.15, 0.2) is 0 Å². The highest BCUT2D eigenvalue weighted by Crippen LogP contribution is 2.29. The number of nitrogens with zero attached hydrogens (tertiary/aromatic N) is 3. The molecule has 0 unspecified atom stereocenters. The highest BCUT2D eigenvalue weighted by atomic mass is 79.9. The quantitative estimate of drug-likeness (QED) is 0.189. The number of hydrazone groups is 1. The van der Waals surface area contributed by atoms with Crippen molar-refractivity contribution in [3.63, 3.8) is 0 Å². The van der Waals surface area contributed by atoms with Crippen LogP contribution in [0, 0.1) is 10.1 Å². The Morgan fingerprint density at radius 1 is 1.21 bits per heavy atom. The molecule has 0 saturated heterocycles. The van der Waals surface area contributed by atoms with E-state index in [1.54, 1.807) is 30.5 Å². The molecule has 0 aliphatic carbocycles. The molecule has 1 N–H and O–H groups in total. The van der Waals surface area contributed by atoms with Crippen LogP contribution in [0.5, 0.6) is 0 Å². The summed E-state index contributed by atoms with van der Waals surface area (Å²) in [6, 6.07) is 13.2. The van der Waals surface area contributed by atoms with Crippen LogP contribution in [0.15, 0.2) is 73.5 Å². The van der Waals surface area contributed by atoms with Crippen molar-refractivity contribution in [1.29, 1.82) is 0 Å². The first-order chi connectivity index (χ1) is 14.0. The van der Waals surface area contributed by atoms with Crippen LogP contribution in [0.4, 0.5) is 10.8 Å². The number of nitro benzene ring substituents is 1. The number of hydrogen-bond acceptors (Lipinski definition) is 8. The lowest BCUT2D eigenvalue weighted by Gasteiger charge is -2.00. The molecule has 144 valence electrons. The number of fused-ring (bicyclic) bond motifs is 1. The minimum atomic E-state index is -0.460. The van der Waals surface area contributed by atoms with E-state index < -0.39 is 10.5 Å². The number of anilines is 1. The SMILES string of the molecule is O=c1oc2ccc(Br)cc2cc1-c1cnc(N/N=C\c2ccc([N+](=O)[O-])cc2)s1. The average Bonchev–Trinajstić information content (AvgIpc) is 3.17. The summed E-state index contributed by atoms with van der Waals surface area (Å²) in [6.45, 7) is 0. The zero-order valence-electron chi connectivity index (χ0n) is 14.5. The first kappa shape index (κ1) is 19.0. The molecule has 2 aromatic carbocycles. The highest BCUT2D eigenvalue weighted by molar-refractivity contribution is 9.10. The molecule has 2 aromatic heterocycles. The summed E-state index contributed by atoms with van der Waals surface area (Å²) in [5.41, 5.74) is 3.99. The first-order valence-electron chi connectivity index (χ1n) is 8.23. The Bertz CT molecular complexity index is 1300. The predicted octanol–water partition coefficient (Wildman–Crippen LogP) is 5.03. The van der Waals surface area contributed by atoms with Crippen molar-refractivity contribution in [2.45, 2.75) is 0 Å². The maximum absolute atomic E-state index is 12.3. The second-order valence-electron chi connectivity index (χ2n) is 5.88. The molecule has 2 heterocycles. The van der Waals surface area contributed by atoms with Gasteiger partial charge >= 0.3 is 5.63 Å². The normalized spacial score (nSPS) is 11.2. The molecule has 0 saturated carbocycles. The molecule has 0 fully saturated rings. The van der Waals surface area contributed by atoms with Crippen LogP contribution in [0.1, 0.15) is 5.56 Å². The Labute approximate surface area is 175 Å². The van der Waals surface area contributed by atoms with E-state index in [0.29, 0.717) is 26.7 Å². The molecule has 0 aliphatic heterocycles. The number of halogens is 1. The van der Waals surface area contributed by atoms with Gasteiger partial charge in [-0.3, -0.25) is 15.5 Å². The molecule has 0 atom stereocenters. The van der Waals surface area contributed by atoms with Crippen LogP contribution in [0.3, 0.4) is 0 Å². The van der Waals surface area contributed by atoms with Gasteiger partial charge in [0.2, 0.25) is 5.13 Å². The molecule has 4 rings (SSSR count). The molecule has 4 aromatic rings. The van der Waals surface area contributed by atoms with E-state index in [2.05, 4.69) is 31.4 Å². The molecular weight excluding hydrogens is 460 g/mol. The number of nitrogens with one attached hydrogen (secondary N) is 1. The summed E-state index contributed by atoms with van der Waals surface area (Å²) < 4.78 is 6.27. The van der Waals surface area contributed by atoms with E-state index in [4.69, 9.17) is 4.42 Å². The summed E-state index contributed by atoms with van der Waals surface area (Å²) in [4.78, 5) is 27.4. The fraction of sp³-hybridized carbons (Fsp3) is 0. The van der Waals surface area contributed by atoms with E-state index in [9.17, 15) is 14.9 Å². The minimum Gasteiger partial charge on any atom is -0.422 e. The topological polar surface area (TPSA) is 111 Å². The molecule has 0 radical (unpaired) electrons. The van der Waals surface area contributed by atoms with Crippen LogP contribution in [0.2, 0.25) is 0 Å².